The van der Waals surface area contributed by atoms with Crippen LogP contribution in [-0.4, -0.2) is 6.61 Å². The Bertz CT molecular complexity index is 271. The molecule has 72 valence electrons. The van der Waals surface area contributed by atoms with Crippen LogP contribution in [-0.2, 0) is 0 Å². The Morgan fingerprint density at radius 3 is 2.85 bits per heavy atom. The number of thiol groups is 1. The van der Waals surface area contributed by atoms with E-state index < -0.39 is 0 Å². The average molecular weight is 196 g/mol. The predicted octanol–water partition coefficient (Wildman–Crippen LogP) is 3.46. The summed E-state index contributed by atoms with van der Waals surface area (Å²) < 4.78 is 5.61. The summed E-state index contributed by atoms with van der Waals surface area (Å²) in [6, 6.07) is 5.98. The van der Waals surface area contributed by atoms with Gasteiger partial charge in [0, 0.05) is 4.90 Å². The summed E-state index contributed by atoms with van der Waals surface area (Å²) in [5.74, 6) is 0.959. The van der Waals surface area contributed by atoms with Crippen molar-refractivity contribution in [1.82, 2.24) is 0 Å². The molecule has 0 aliphatic rings. The second-order valence-electron chi connectivity index (χ2n) is 3.15. The van der Waals surface area contributed by atoms with Crippen LogP contribution in [0.3, 0.4) is 0 Å². The molecule has 0 unspecified atom stereocenters. The van der Waals surface area contributed by atoms with Gasteiger partial charge in [-0.2, -0.15) is 0 Å². The van der Waals surface area contributed by atoms with Crippen LogP contribution < -0.4 is 4.74 Å². The fourth-order valence-electron chi connectivity index (χ4n) is 1.07. The quantitative estimate of drug-likeness (QED) is 0.573. The van der Waals surface area contributed by atoms with E-state index in [2.05, 4.69) is 26.5 Å². The second-order valence-corrected chi connectivity index (χ2v) is 3.67. The van der Waals surface area contributed by atoms with Gasteiger partial charge in [0.25, 0.3) is 0 Å². The molecule has 0 atom stereocenters. The lowest BCUT2D eigenvalue weighted by Gasteiger charge is -2.08. The van der Waals surface area contributed by atoms with Crippen molar-refractivity contribution in [3.63, 3.8) is 0 Å². The minimum atomic E-state index is 0.800. The molecule has 13 heavy (non-hydrogen) atoms. The van der Waals surface area contributed by atoms with Crippen LogP contribution in [0.1, 0.15) is 25.3 Å². The summed E-state index contributed by atoms with van der Waals surface area (Å²) in [4.78, 5) is 0.956. The summed E-state index contributed by atoms with van der Waals surface area (Å²) in [6.45, 7) is 5.01. The van der Waals surface area contributed by atoms with Gasteiger partial charge < -0.3 is 4.74 Å². The Morgan fingerprint density at radius 1 is 1.38 bits per heavy atom. The molecule has 0 saturated carbocycles. The van der Waals surface area contributed by atoms with Crippen molar-refractivity contribution in [3.8, 4) is 5.75 Å². The van der Waals surface area contributed by atoms with Gasteiger partial charge in [0.1, 0.15) is 5.75 Å². The fraction of sp³-hybridized carbons (Fsp3) is 0.455. The monoisotopic (exact) mass is 196 g/mol. The third-order valence-electron chi connectivity index (χ3n) is 1.93. The minimum absolute atomic E-state index is 0.800. The topological polar surface area (TPSA) is 9.23 Å². The molecule has 0 aliphatic heterocycles. The predicted molar refractivity (Wildman–Crippen MR) is 58.8 cm³/mol. The van der Waals surface area contributed by atoms with Crippen LogP contribution in [0, 0.1) is 6.92 Å². The first-order valence-electron chi connectivity index (χ1n) is 4.66. The summed E-state index contributed by atoms with van der Waals surface area (Å²) in [6.07, 6.45) is 2.27. The van der Waals surface area contributed by atoms with E-state index in [4.69, 9.17) is 4.74 Å². The van der Waals surface area contributed by atoms with E-state index in [1.807, 2.05) is 18.2 Å². The normalized spacial score (nSPS) is 10.1. The Kier molecular flexibility index (Phi) is 4.16. The lowest BCUT2D eigenvalue weighted by Crippen LogP contribution is -1.97. The van der Waals surface area contributed by atoms with Crippen molar-refractivity contribution in [2.45, 2.75) is 31.6 Å². The lowest BCUT2D eigenvalue weighted by molar-refractivity contribution is 0.306. The maximum absolute atomic E-state index is 5.61. The molecule has 0 bridgehead atoms. The van der Waals surface area contributed by atoms with E-state index in [1.165, 1.54) is 12.0 Å². The van der Waals surface area contributed by atoms with Crippen molar-refractivity contribution < 1.29 is 4.74 Å². The number of benzene rings is 1. The molecule has 1 aromatic rings. The summed E-state index contributed by atoms with van der Waals surface area (Å²) in [5, 5.41) is 0. The summed E-state index contributed by atoms with van der Waals surface area (Å²) in [5.41, 5.74) is 1.17. The van der Waals surface area contributed by atoms with Crippen molar-refractivity contribution in [1.29, 1.82) is 0 Å². The van der Waals surface area contributed by atoms with Gasteiger partial charge in [-0.25, -0.2) is 0 Å². The zero-order valence-corrected chi connectivity index (χ0v) is 9.10. The zero-order chi connectivity index (χ0) is 9.68. The molecule has 0 radical (unpaired) electrons. The molecule has 0 spiro atoms. The van der Waals surface area contributed by atoms with Gasteiger partial charge in [-0.1, -0.05) is 19.4 Å². The standard InChI is InChI=1S/C11H16OS/c1-3-4-7-12-11-8-10(13)6-5-9(11)2/h5-6,8,13H,3-4,7H2,1-2H3. The number of hydrogen-bond donors (Lipinski definition) is 1. The average Bonchev–Trinajstić information content (AvgIpc) is 2.11. The number of unbranched alkanes of at least 4 members (excludes halogenated alkanes) is 1. The minimum Gasteiger partial charge on any atom is -0.493 e. The van der Waals surface area contributed by atoms with E-state index in [0.29, 0.717) is 0 Å². The van der Waals surface area contributed by atoms with Crippen LogP contribution in [0.4, 0.5) is 0 Å². The Hall–Kier alpha value is -0.630. The third-order valence-corrected chi connectivity index (χ3v) is 2.21. The van der Waals surface area contributed by atoms with Gasteiger partial charge in [-0.3, -0.25) is 0 Å². The molecule has 1 nitrogen and oxygen atoms in total. The molecule has 0 amide bonds. The molecule has 0 heterocycles. The third kappa shape index (κ3) is 3.31. The molecule has 0 saturated heterocycles. The van der Waals surface area contributed by atoms with Crippen molar-refractivity contribution in [2.75, 3.05) is 6.61 Å². The SMILES string of the molecule is CCCCOc1cc(S)ccc1C. The zero-order valence-electron chi connectivity index (χ0n) is 8.21. The highest BCUT2D eigenvalue weighted by Gasteiger charge is 1.98. The van der Waals surface area contributed by atoms with E-state index in [-0.39, 0.29) is 0 Å². The summed E-state index contributed by atoms with van der Waals surface area (Å²) >= 11 is 4.27. The first-order valence-corrected chi connectivity index (χ1v) is 5.11. The highest BCUT2D eigenvalue weighted by atomic mass is 32.1. The fourth-order valence-corrected chi connectivity index (χ4v) is 1.26. The summed E-state index contributed by atoms with van der Waals surface area (Å²) in [7, 11) is 0. The highest BCUT2D eigenvalue weighted by molar-refractivity contribution is 7.80. The van der Waals surface area contributed by atoms with E-state index in [0.717, 1.165) is 23.7 Å². The van der Waals surface area contributed by atoms with Gasteiger partial charge in [-0.15, -0.1) is 12.6 Å². The molecular formula is C11H16OS. The molecule has 2 heteroatoms. The molecular weight excluding hydrogens is 180 g/mol. The molecule has 0 fully saturated rings. The largest absolute Gasteiger partial charge is 0.493 e. The molecule has 0 aliphatic carbocycles. The maximum atomic E-state index is 5.61. The van der Waals surface area contributed by atoms with Gasteiger partial charge in [-0.05, 0) is 31.0 Å². The number of hydrogen-bond acceptors (Lipinski definition) is 2. The van der Waals surface area contributed by atoms with Gasteiger partial charge in [0.05, 0.1) is 6.61 Å². The van der Waals surface area contributed by atoms with Crippen LogP contribution in [0.15, 0.2) is 23.1 Å². The van der Waals surface area contributed by atoms with Crippen LogP contribution in [0.25, 0.3) is 0 Å². The first-order chi connectivity index (χ1) is 6.24. The van der Waals surface area contributed by atoms with E-state index in [9.17, 15) is 0 Å². The van der Waals surface area contributed by atoms with Gasteiger partial charge >= 0.3 is 0 Å². The van der Waals surface area contributed by atoms with E-state index in [1.54, 1.807) is 0 Å². The Morgan fingerprint density at radius 2 is 2.15 bits per heavy atom. The Labute approximate surface area is 85.5 Å². The number of aryl methyl sites for hydroxylation is 1. The van der Waals surface area contributed by atoms with Gasteiger partial charge in [0.15, 0.2) is 0 Å². The molecule has 0 N–H and O–H groups in total. The first kappa shape index (κ1) is 10.5. The van der Waals surface area contributed by atoms with Crippen molar-refractivity contribution >= 4 is 12.6 Å². The Balaban J connectivity index is 2.59. The maximum Gasteiger partial charge on any atom is 0.123 e. The van der Waals surface area contributed by atoms with Gasteiger partial charge in [0.2, 0.25) is 0 Å². The smallest absolute Gasteiger partial charge is 0.123 e. The van der Waals surface area contributed by atoms with Crippen LogP contribution in [0.5, 0.6) is 5.75 Å². The number of rotatable bonds is 4. The second kappa shape index (κ2) is 5.18. The lowest BCUT2D eigenvalue weighted by atomic mass is 10.2. The molecule has 1 rings (SSSR count). The highest BCUT2D eigenvalue weighted by Crippen LogP contribution is 2.21. The van der Waals surface area contributed by atoms with Crippen molar-refractivity contribution in [3.05, 3.63) is 23.8 Å². The van der Waals surface area contributed by atoms with Crippen molar-refractivity contribution in [2.24, 2.45) is 0 Å². The molecule has 1 aromatic carbocycles. The van der Waals surface area contributed by atoms with E-state index >= 15 is 0 Å². The number of ether oxygens (including phenoxy) is 1. The van der Waals surface area contributed by atoms with Crippen LogP contribution >= 0.6 is 12.6 Å². The molecule has 0 aromatic heterocycles. The van der Waals surface area contributed by atoms with Crippen LogP contribution in [0.2, 0.25) is 0 Å².